The molecule has 1 heterocycles. The van der Waals surface area contributed by atoms with Crippen LogP contribution in [0, 0.1) is 20.8 Å². The predicted octanol–water partition coefficient (Wildman–Crippen LogP) is 5.66. The number of hydrogen-bond donors (Lipinski definition) is 1. The molecule has 1 N–H and O–H groups in total. The molecular weight excluding hydrogens is 402 g/mol. The number of aryl methyl sites for hydroxylation is 3. The van der Waals surface area contributed by atoms with Crippen molar-refractivity contribution < 1.29 is 4.74 Å². The lowest BCUT2D eigenvalue weighted by Crippen LogP contribution is -2.36. The van der Waals surface area contributed by atoms with Gasteiger partial charge in [0.25, 0.3) is 0 Å². The monoisotopic (exact) mass is 427 g/mol. The van der Waals surface area contributed by atoms with Gasteiger partial charge in [-0.05, 0) is 67.9 Å². The minimum Gasteiger partial charge on any atom is -0.383 e. The van der Waals surface area contributed by atoms with E-state index in [1.54, 1.807) is 7.11 Å². The zero-order valence-electron chi connectivity index (χ0n) is 17.3. The topological polar surface area (TPSA) is 37.4 Å². The summed E-state index contributed by atoms with van der Waals surface area (Å²) in [6, 6.07) is 14.4. The summed E-state index contributed by atoms with van der Waals surface area (Å²) >= 11 is 12.2. The molecule has 0 saturated carbocycles. The zero-order valence-corrected chi connectivity index (χ0v) is 18.8. The Morgan fingerprint density at radius 1 is 1.17 bits per heavy atom. The molecule has 0 bridgehead atoms. The molecule has 29 heavy (non-hydrogen) atoms. The number of halogens is 1. The molecule has 0 radical (unpaired) electrons. The van der Waals surface area contributed by atoms with Crippen LogP contribution in [-0.4, -0.2) is 35.3 Å². The van der Waals surface area contributed by atoms with Crippen LogP contribution < -0.4 is 5.32 Å². The molecule has 0 saturated heterocycles. The zero-order chi connectivity index (χ0) is 21.0. The molecule has 152 valence electrons. The second-order valence-corrected chi connectivity index (χ2v) is 7.98. The summed E-state index contributed by atoms with van der Waals surface area (Å²) in [6.07, 6.45) is 0. The number of fused-ring (bicyclic) bond motifs is 1. The lowest BCUT2D eigenvalue weighted by molar-refractivity contribution is 0.175. The Hall–Kier alpha value is -2.21. The minimum atomic E-state index is 0.506. The van der Waals surface area contributed by atoms with Gasteiger partial charge in [0.15, 0.2) is 5.11 Å². The average molecular weight is 428 g/mol. The van der Waals surface area contributed by atoms with Gasteiger partial charge in [-0.2, -0.15) is 0 Å². The van der Waals surface area contributed by atoms with Gasteiger partial charge in [-0.25, -0.2) is 4.98 Å². The molecule has 0 amide bonds. The fourth-order valence-corrected chi connectivity index (χ4v) is 3.67. The Labute approximate surface area is 182 Å². The maximum Gasteiger partial charge on any atom is 0.173 e. The van der Waals surface area contributed by atoms with Gasteiger partial charge in [-0.3, -0.25) is 0 Å². The number of nitrogens with zero attached hydrogens (tertiary/aromatic N) is 2. The molecule has 2 aromatic carbocycles. The van der Waals surface area contributed by atoms with Crippen LogP contribution in [0.3, 0.4) is 0 Å². The molecule has 3 rings (SSSR count). The first kappa shape index (κ1) is 21.5. The second-order valence-electron chi connectivity index (χ2n) is 7.23. The maximum atomic E-state index is 6.56. The Morgan fingerprint density at radius 3 is 2.69 bits per heavy atom. The number of thiocarbonyl (C=S) groups is 1. The van der Waals surface area contributed by atoms with Crippen molar-refractivity contribution >= 4 is 45.5 Å². The molecule has 0 aliphatic carbocycles. The molecule has 0 fully saturated rings. The first-order valence-electron chi connectivity index (χ1n) is 9.56. The van der Waals surface area contributed by atoms with Gasteiger partial charge in [-0.1, -0.05) is 35.9 Å². The lowest BCUT2D eigenvalue weighted by atomic mass is 10.0. The van der Waals surface area contributed by atoms with Gasteiger partial charge < -0.3 is 15.0 Å². The molecule has 0 unspecified atom stereocenters. The van der Waals surface area contributed by atoms with Crippen molar-refractivity contribution in [2.75, 3.05) is 25.6 Å². The van der Waals surface area contributed by atoms with Crippen LogP contribution in [0.25, 0.3) is 10.9 Å². The predicted molar refractivity (Wildman–Crippen MR) is 126 cm³/mol. The Balaban J connectivity index is 1.87. The molecule has 0 aliphatic heterocycles. The van der Waals surface area contributed by atoms with Crippen molar-refractivity contribution in [3.05, 3.63) is 69.9 Å². The molecule has 3 aromatic rings. The number of anilines is 1. The van der Waals surface area contributed by atoms with E-state index in [1.807, 2.05) is 12.1 Å². The lowest BCUT2D eigenvalue weighted by Gasteiger charge is -2.26. The van der Waals surface area contributed by atoms with Crippen LogP contribution >= 0.6 is 23.8 Å². The molecule has 4 nitrogen and oxygen atoms in total. The number of nitrogens with one attached hydrogen (secondary N) is 1. The van der Waals surface area contributed by atoms with Crippen LogP contribution in [0.5, 0.6) is 0 Å². The summed E-state index contributed by atoms with van der Waals surface area (Å²) in [5, 5.41) is 5.54. The fourth-order valence-electron chi connectivity index (χ4n) is 3.20. The summed E-state index contributed by atoms with van der Waals surface area (Å²) in [6.45, 7) is 7.98. The molecule has 0 atom stereocenters. The number of hydrogen-bond acceptors (Lipinski definition) is 3. The standard InChI is InChI=1S/C23H26ClN3OS/c1-15-6-5-7-20(12-15)25-23(29)27(10-11-28-4)14-19-13-18-9-8-16(2)17(3)21(18)26-22(19)24/h5-9,12-13H,10-11,14H2,1-4H3,(H,25,29). The third kappa shape index (κ3) is 5.24. The van der Waals surface area contributed by atoms with Gasteiger partial charge in [0, 0.05) is 36.8 Å². The second kappa shape index (κ2) is 9.53. The van der Waals surface area contributed by atoms with E-state index in [4.69, 9.17) is 28.6 Å². The first-order chi connectivity index (χ1) is 13.9. The van der Waals surface area contributed by atoms with Crippen LogP contribution in [0.1, 0.15) is 22.3 Å². The van der Waals surface area contributed by atoms with Crippen LogP contribution in [0.4, 0.5) is 5.69 Å². The van der Waals surface area contributed by atoms with E-state index in [9.17, 15) is 0 Å². The Kier molecular flexibility index (Phi) is 7.06. The number of ether oxygens (including phenoxy) is 1. The summed E-state index contributed by atoms with van der Waals surface area (Å²) in [5.74, 6) is 0. The van der Waals surface area contributed by atoms with Gasteiger partial charge in [0.05, 0.1) is 12.1 Å². The Morgan fingerprint density at radius 2 is 1.97 bits per heavy atom. The largest absolute Gasteiger partial charge is 0.383 e. The van der Waals surface area contributed by atoms with E-state index in [1.165, 1.54) is 11.1 Å². The third-order valence-corrected chi connectivity index (χ3v) is 5.71. The number of aromatic nitrogens is 1. The molecule has 0 spiro atoms. The van der Waals surface area contributed by atoms with Crippen molar-refractivity contribution in [1.29, 1.82) is 0 Å². The molecule has 6 heteroatoms. The number of rotatable bonds is 6. The van der Waals surface area contributed by atoms with E-state index < -0.39 is 0 Å². The van der Waals surface area contributed by atoms with Crippen LogP contribution in [0.2, 0.25) is 5.15 Å². The van der Waals surface area contributed by atoms with Crippen molar-refractivity contribution in [3.63, 3.8) is 0 Å². The number of pyridine rings is 1. The fraction of sp³-hybridized carbons (Fsp3) is 0.304. The van der Waals surface area contributed by atoms with Gasteiger partial charge in [-0.15, -0.1) is 0 Å². The normalized spacial score (nSPS) is 10.9. The van der Waals surface area contributed by atoms with Gasteiger partial charge in [0.1, 0.15) is 5.15 Å². The highest BCUT2D eigenvalue weighted by atomic mass is 35.5. The SMILES string of the molecule is COCCN(Cc1cc2ccc(C)c(C)c2nc1Cl)C(=S)Nc1cccc(C)c1. The first-order valence-corrected chi connectivity index (χ1v) is 10.3. The smallest absolute Gasteiger partial charge is 0.173 e. The Bertz CT molecular complexity index is 1040. The molecule has 1 aromatic heterocycles. The molecular formula is C23H26ClN3OS. The quantitative estimate of drug-likeness (QED) is 0.406. The van der Waals surface area contributed by atoms with E-state index in [2.05, 4.69) is 66.3 Å². The summed E-state index contributed by atoms with van der Waals surface area (Å²) in [4.78, 5) is 6.72. The van der Waals surface area contributed by atoms with Crippen molar-refractivity contribution in [2.24, 2.45) is 0 Å². The minimum absolute atomic E-state index is 0.506. The van der Waals surface area contributed by atoms with Crippen molar-refractivity contribution in [2.45, 2.75) is 27.3 Å². The van der Waals surface area contributed by atoms with E-state index in [0.717, 1.165) is 27.7 Å². The highest BCUT2D eigenvalue weighted by molar-refractivity contribution is 7.80. The third-order valence-electron chi connectivity index (χ3n) is 5.02. The molecule has 0 aliphatic rings. The number of methoxy groups -OCH3 is 1. The average Bonchev–Trinajstić information content (AvgIpc) is 2.69. The van der Waals surface area contributed by atoms with E-state index in [-0.39, 0.29) is 0 Å². The van der Waals surface area contributed by atoms with Crippen molar-refractivity contribution in [3.8, 4) is 0 Å². The summed E-state index contributed by atoms with van der Waals surface area (Å²) in [5.41, 5.74) is 6.39. The summed E-state index contributed by atoms with van der Waals surface area (Å²) in [7, 11) is 1.69. The van der Waals surface area contributed by atoms with Gasteiger partial charge in [0.2, 0.25) is 0 Å². The van der Waals surface area contributed by atoms with Crippen molar-refractivity contribution in [1.82, 2.24) is 9.88 Å². The van der Waals surface area contributed by atoms with Crippen LogP contribution in [0.15, 0.2) is 42.5 Å². The summed E-state index contributed by atoms with van der Waals surface area (Å²) < 4.78 is 5.28. The highest BCUT2D eigenvalue weighted by Crippen LogP contribution is 2.26. The van der Waals surface area contributed by atoms with Gasteiger partial charge >= 0.3 is 0 Å². The van der Waals surface area contributed by atoms with E-state index in [0.29, 0.717) is 30.0 Å². The maximum absolute atomic E-state index is 6.56. The number of benzene rings is 2. The van der Waals surface area contributed by atoms with E-state index >= 15 is 0 Å². The highest BCUT2D eigenvalue weighted by Gasteiger charge is 2.15. The van der Waals surface area contributed by atoms with Crippen LogP contribution in [-0.2, 0) is 11.3 Å².